The maximum Gasteiger partial charge on any atom is 0.184 e. The lowest BCUT2D eigenvalue weighted by atomic mass is 10.1. The number of fused-ring (bicyclic) bond motifs is 4. The molecule has 2 aliphatic heterocycles. The van der Waals surface area contributed by atoms with Crippen LogP contribution in [-0.4, -0.2) is 31.1 Å². The molecule has 3 heterocycles. The quantitative estimate of drug-likeness (QED) is 0.135. The van der Waals surface area contributed by atoms with Gasteiger partial charge in [0.05, 0.1) is 0 Å². The summed E-state index contributed by atoms with van der Waals surface area (Å²) < 4.78 is 0. The first-order valence-corrected chi connectivity index (χ1v) is 29.9. The van der Waals surface area contributed by atoms with E-state index in [-0.39, 0.29) is 0 Å². The van der Waals surface area contributed by atoms with Crippen molar-refractivity contribution < 1.29 is 0 Å². The Morgan fingerprint density at radius 2 is 0.474 bits per heavy atom. The smallest absolute Gasteiger partial charge is 0.184 e. The first-order chi connectivity index (χ1) is 37.7. The SMILES string of the molecule is c1ccc(-c2nc(-c3cccc(N4c5ccccc5[Si](c5ccccc5)(c5ccccc5)c5ccccc54)c3)nc(-c3cccc(N4c5ccccc5[Si](c5ccccc5)(c5ccccc5)c5ccccc54)c3)n2)cc1. The largest absolute Gasteiger partial charge is 0.311 e. The van der Waals surface area contributed by atoms with Crippen molar-refractivity contribution in [2.45, 2.75) is 0 Å². The number of anilines is 6. The number of para-hydroxylation sites is 4. The molecular weight excluding hydrogens is 955 g/mol. The molecule has 7 heteroatoms. The van der Waals surface area contributed by atoms with Crippen LogP contribution < -0.4 is 51.3 Å². The van der Waals surface area contributed by atoms with Crippen molar-refractivity contribution in [1.82, 2.24) is 15.0 Å². The Bertz CT molecular complexity index is 3660. The van der Waals surface area contributed by atoms with Gasteiger partial charge in [0.25, 0.3) is 0 Å². The molecule has 0 fully saturated rings. The summed E-state index contributed by atoms with van der Waals surface area (Å²) in [4.78, 5) is 20.9. The van der Waals surface area contributed by atoms with E-state index in [1.807, 2.05) is 18.2 Å². The average Bonchev–Trinajstić information content (AvgIpc) is 3.51. The predicted molar refractivity (Wildman–Crippen MR) is 320 cm³/mol. The summed E-state index contributed by atoms with van der Waals surface area (Å²) >= 11 is 0. The summed E-state index contributed by atoms with van der Waals surface area (Å²) in [6.45, 7) is 0. The molecule has 0 bridgehead atoms. The fourth-order valence-corrected chi connectivity index (χ4v) is 22.5. The van der Waals surface area contributed by atoms with E-state index in [1.54, 1.807) is 0 Å². The fourth-order valence-electron chi connectivity index (χ4n) is 12.3. The van der Waals surface area contributed by atoms with Crippen LogP contribution in [0.1, 0.15) is 0 Å². The number of aromatic nitrogens is 3. The molecule has 0 aliphatic carbocycles. The Balaban J connectivity index is 0.917. The second-order valence-corrected chi connectivity index (χ2v) is 26.9. The minimum absolute atomic E-state index is 0.599. The van der Waals surface area contributed by atoms with Gasteiger partial charge in [-0.25, -0.2) is 15.0 Å². The molecule has 76 heavy (non-hydrogen) atoms. The molecule has 0 atom stereocenters. The Kier molecular flexibility index (Phi) is 11.1. The number of nitrogens with zero attached hydrogens (tertiary/aromatic N) is 5. The third-order valence-electron chi connectivity index (χ3n) is 15.4. The second-order valence-electron chi connectivity index (χ2n) is 19.5. The van der Waals surface area contributed by atoms with Crippen molar-refractivity contribution in [2.75, 3.05) is 9.80 Å². The molecular formula is C69H49N5Si2. The first-order valence-electron chi connectivity index (χ1n) is 25.9. The third-order valence-corrected chi connectivity index (χ3v) is 25.1. The van der Waals surface area contributed by atoms with Gasteiger partial charge in [0, 0.05) is 50.8 Å². The van der Waals surface area contributed by atoms with Gasteiger partial charge in [-0.15, -0.1) is 0 Å². The predicted octanol–water partition coefficient (Wildman–Crippen LogP) is 11.2. The molecule has 0 saturated heterocycles. The molecule has 0 radical (unpaired) electrons. The van der Waals surface area contributed by atoms with Crippen LogP contribution in [0.2, 0.25) is 0 Å². The molecule has 12 aromatic rings. The van der Waals surface area contributed by atoms with Gasteiger partial charge in [0.1, 0.15) is 0 Å². The Hall–Kier alpha value is -9.54. The van der Waals surface area contributed by atoms with E-state index in [2.05, 4.69) is 289 Å². The lowest BCUT2D eigenvalue weighted by molar-refractivity contribution is 1.07. The van der Waals surface area contributed by atoms with Gasteiger partial charge in [-0.2, -0.15) is 0 Å². The van der Waals surface area contributed by atoms with Gasteiger partial charge in [0.2, 0.25) is 0 Å². The number of hydrogen-bond donors (Lipinski definition) is 0. The summed E-state index contributed by atoms with van der Waals surface area (Å²) in [6, 6.07) is 108. The lowest BCUT2D eigenvalue weighted by Crippen LogP contribution is -2.77. The highest BCUT2D eigenvalue weighted by Crippen LogP contribution is 2.42. The number of rotatable bonds is 9. The Morgan fingerprint density at radius 3 is 0.789 bits per heavy atom. The molecule has 1 aromatic heterocycles. The molecule has 14 rings (SSSR count). The molecule has 2 aliphatic rings. The highest BCUT2D eigenvalue weighted by atomic mass is 28.3. The topological polar surface area (TPSA) is 45.2 Å². The van der Waals surface area contributed by atoms with Crippen LogP contribution in [0.5, 0.6) is 0 Å². The molecule has 0 N–H and O–H groups in total. The molecule has 358 valence electrons. The van der Waals surface area contributed by atoms with E-state index < -0.39 is 16.1 Å². The number of benzene rings is 11. The Labute approximate surface area is 445 Å². The zero-order chi connectivity index (χ0) is 50.5. The summed E-state index contributed by atoms with van der Waals surface area (Å²) in [6.07, 6.45) is 0. The van der Waals surface area contributed by atoms with E-state index in [0.717, 1.165) is 28.1 Å². The normalized spacial score (nSPS) is 13.7. The van der Waals surface area contributed by atoms with Crippen molar-refractivity contribution in [2.24, 2.45) is 0 Å². The van der Waals surface area contributed by atoms with Crippen LogP contribution in [0.4, 0.5) is 34.1 Å². The van der Waals surface area contributed by atoms with Gasteiger partial charge in [-0.1, -0.05) is 249 Å². The summed E-state index contributed by atoms with van der Waals surface area (Å²) in [5.41, 5.74) is 9.45. The van der Waals surface area contributed by atoms with Crippen LogP contribution in [0.15, 0.2) is 297 Å². The Morgan fingerprint density at radius 1 is 0.224 bits per heavy atom. The van der Waals surface area contributed by atoms with Crippen molar-refractivity contribution in [3.8, 4) is 34.2 Å². The molecule has 5 nitrogen and oxygen atoms in total. The molecule has 11 aromatic carbocycles. The summed E-state index contributed by atoms with van der Waals surface area (Å²) in [5.74, 6) is 1.81. The van der Waals surface area contributed by atoms with Crippen molar-refractivity contribution in [3.05, 3.63) is 297 Å². The van der Waals surface area contributed by atoms with Gasteiger partial charge >= 0.3 is 0 Å². The maximum atomic E-state index is 5.41. The van der Waals surface area contributed by atoms with Crippen molar-refractivity contribution in [1.29, 1.82) is 0 Å². The van der Waals surface area contributed by atoms with Crippen molar-refractivity contribution >= 4 is 91.8 Å². The van der Waals surface area contributed by atoms with E-state index in [0.29, 0.717) is 17.5 Å². The molecule has 0 saturated carbocycles. The number of hydrogen-bond acceptors (Lipinski definition) is 5. The third kappa shape index (κ3) is 7.16. The second kappa shape index (κ2) is 18.7. The van der Waals surface area contributed by atoms with E-state index in [1.165, 1.54) is 64.2 Å². The van der Waals surface area contributed by atoms with Crippen LogP contribution in [0.3, 0.4) is 0 Å². The summed E-state index contributed by atoms with van der Waals surface area (Å²) in [7, 11) is -5.58. The van der Waals surface area contributed by atoms with E-state index >= 15 is 0 Å². The molecule has 0 spiro atoms. The monoisotopic (exact) mass is 1000 g/mol. The average molecular weight is 1000 g/mol. The van der Waals surface area contributed by atoms with Crippen LogP contribution in [-0.2, 0) is 0 Å². The van der Waals surface area contributed by atoms with Gasteiger partial charge in [-0.3, -0.25) is 0 Å². The van der Waals surface area contributed by atoms with Gasteiger partial charge < -0.3 is 9.80 Å². The molecule has 0 amide bonds. The summed E-state index contributed by atoms with van der Waals surface area (Å²) in [5, 5.41) is 10.8. The van der Waals surface area contributed by atoms with Crippen LogP contribution in [0.25, 0.3) is 34.2 Å². The zero-order valence-corrected chi connectivity index (χ0v) is 43.5. The fraction of sp³-hybridized carbons (Fsp3) is 0. The standard InChI is InChI=1S/C69H49N5Si2/c1-6-26-50(27-7-1)67-70-68(51-28-24-30-53(48-51)73-59-40-16-20-44-63(59)75(55-32-8-2-9-33-55,56-34-10-3-11-35-56)64-45-21-17-41-60(64)73)72-69(71-67)52-29-25-31-54(49-52)74-61-42-18-22-46-65(61)76(57-36-12-4-13-37-57,58-38-14-5-15-39-58)66-47-23-19-43-62(66)74/h1-49H. The highest BCUT2D eigenvalue weighted by molar-refractivity contribution is 7.22. The van der Waals surface area contributed by atoms with Crippen LogP contribution >= 0.6 is 0 Å². The van der Waals surface area contributed by atoms with E-state index in [9.17, 15) is 0 Å². The minimum atomic E-state index is -2.79. The maximum absolute atomic E-state index is 5.41. The minimum Gasteiger partial charge on any atom is -0.311 e. The molecule has 0 unspecified atom stereocenters. The highest BCUT2D eigenvalue weighted by Gasteiger charge is 2.50. The van der Waals surface area contributed by atoms with E-state index in [4.69, 9.17) is 15.0 Å². The first kappa shape index (κ1) is 45.1. The van der Waals surface area contributed by atoms with Crippen molar-refractivity contribution in [3.63, 3.8) is 0 Å². The van der Waals surface area contributed by atoms with Gasteiger partial charge in [-0.05, 0) is 90.0 Å². The van der Waals surface area contributed by atoms with Crippen LogP contribution in [0, 0.1) is 0 Å². The van der Waals surface area contributed by atoms with Gasteiger partial charge in [0.15, 0.2) is 33.6 Å². The zero-order valence-electron chi connectivity index (χ0n) is 41.5. The lowest BCUT2D eigenvalue weighted by Gasteiger charge is -2.45.